The summed E-state index contributed by atoms with van der Waals surface area (Å²) in [6, 6.07) is 47.3. The molecule has 0 N–H and O–H groups in total. The van der Waals surface area contributed by atoms with E-state index in [2.05, 4.69) is 21.9 Å². The van der Waals surface area contributed by atoms with E-state index < -0.39 is 29.3 Å². The van der Waals surface area contributed by atoms with Crippen molar-refractivity contribution in [2.45, 2.75) is 106 Å². The minimum absolute atomic E-state index is 0.00402. The molecule has 12 rings (SSSR count). The van der Waals surface area contributed by atoms with E-state index in [-0.39, 0.29) is 62.4 Å². The van der Waals surface area contributed by atoms with Crippen LogP contribution in [0.3, 0.4) is 0 Å². The van der Waals surface area contributed by atoms with Crippen LogP contribution in [0.5, 0.6) is 11.8 Å². The quantitative estimate of drug-likeness (QED) is 0.0395. The molecule has 0 bridgehead atoms. The molecule has 24 nitrogen and oxygen atoms in total. The number of allylic oxidation sites excluding steroid dienone is 4. The van der Waals surface area contributed by atoms with Crippen LogP contribution in [0.15, 0.2) is 202 Å². The van der Waals surface area contributed by atoms with Crippen molar-refractivity contribution >= 4 is 47.0 Å². The van der Waals surface area contributed by atoms with Crippen LogP contribution in [-0.4, -0.2) is 206 Å². The number of furan rings is 2. The van der Waals surface area contributed by atoms with Crippen LogP contribution in [-0.2, 0) is 49.5 Å². The molecular formula is C87H102N12O12. The van der Waals surface area contributed by atoms with Gasteiger partial charge in [-0.25, -0.2) is 34.3 Å². The van der Waals surface area contributed by atoms with Crippen LogP contribution < -0.4 is 9.47 Å². The fraction of sp³-hybridized carbons (Fsp3) is 0.379. The predicted octanol–water partition coefficient (Wildman–Crippen LogP) is 14.2. The van der Waals surface area contributed by atoms with Gasteiger partial charge in [-0.2, -0.15) is 0 Å². The molecule has 4 amide bonds. The minimum atomic E-state index is -0.902. The summed E-state index contributed by atoms with van der Waals surface area (Å²) in [5, 5.41) is 0. The van der Waals surface area contributed by atoms with Gasteiger partial charge in [0.2, 0.25) is 17.7 Å². The Kier molecular flexibility index (Phi) is 26.8. The first kappa shape index (κ1) is 80.7. The monoisotopic (exact) mass is 1510 g/mol. The van der Waals surface area contributed by atoms with Crippen molar-refractivity contribution in [3.63, 3.8) is 0 Å². The van der Waals surface area contributed by atoms with E-state index in [0.717, 1.165) is 65.5 Å². The van der Waals surface area contributed by atoms with Crippen molar-refractivity contribution in [1.82, 2.24) is 58.1 Å². The maximum absolute atomic E-state index is 14.6. The number of carbonyl (C=O) groups is 6. The van der Waals surface area contributed by atoms with Gasteiger partial charge in [0.15, 0.2) is 22.9 Å². The van der Waals surface area contributed by atoms with Crippen LogP contribution >= 0.6 is 0 Å². The van der Waals surface area contributed by atoms with Crippen LogP contribution in [0.25, 0.3) is 33.8 Å². The highest BCUT2D eigenvalue weighted by Crippen LogP contribution is 2.40. The third kappa shape index (κ3) is 21.2. The summed E-state index contributed by atoms with van der Waals surface area (Å²) in [6.45, 7) is 20.3. The summed E-state index contributed by atoms with van der Waals surface area (Å²) in [4.78, 5) is 113. The Hall–Kier alpha value is -11.3. The Bertz CT molecular complexity index is 4910. The molecule has 111 heavy (non-hydrogen) atoms. The second kappa shape index (κ2) is 36.9. The SMILES string of the molecule is CC1=C(C)C(=O)C(C(C)(C)CC(=O)N(C)CCN(CCCN2CCOCC2)C(=O)Oc2c(Cc3ccco3)nc3c(Cc4ccccc4)nc(-c4ccccc4)cn23)=C(C)C1=O.CN(C)CCCN(CCN(C)C(=O)OC(C)(C)C)C(=O)Oc1c(Cc2ccco2)nc2c(Cc3ccccc3)nc(-c3ccccc3)cn12. The zero-order valence-corrected chi connectivity index (χ0v) is 65.9. The maximum Gasteiger partial charge on any atom is 0.416 e. The van der Waals surface area contributed by atoms with Crippen LogP contribution in [0.1, 0.15) is 120 Å². The number of imidazole rings is 2. The van der Waals surface area contributed by atoms with E-state index >= 15 is 0 Å². The highest BCUT2D eigenvalue weighted by molar-refractivity contribution is 6.25. The molecule has 582 valence electrons. The summed E-state index contributed by atoms with van der Waals surface area (Å²) in [7, 11) is 7.33. The van der Waals surface area contributed by atoms with Crippen LogP contribution in [0, 0.1) is 5.41 Å². The Morgan fingerprint density at radius 3 is 1.38 bits per heavy atom. The van der Waals surface area contributed by atoms with Gasteiger partial charge in [0.25, 0.3) is 0 Å². The van der Waals surface area contributed by atoms with E-state index in [0.29, 0.717) is 126 Å². The fourth-order valence-corrected chi connectivity index (χ4v) is 13.6. The average Bonchev–Trinajstić information content (AvgIpc) is 1.67. The lowest BCUT2D eigenvalue weighted by Crippen LogP contribution is -2.44. The Morgan fingerprint density at radius 2 is 0.928 bits per heavy atom. The maximum atomic E-state index is 14.6. The van der Waals surface area contributed by atoms with Crippen molar-refractivity contribution in [3.8, 4) is 34.3 Å². The Balaban J connectivity index is 0.000000226. The number of carbonyl (C=O) groups excluding carboxylic acids is 6. The van der Waals surface area contributed by atoms with E-state index in [4.69, 9.17) is 47.7 Å². The molecule has 1 aliphatic carbocycles. The highest BCUT2D eigenvalue weighted by Gasteiger charge is 2.39. The number of nitrogens with zero attached hydrogens (tertiary/aromatic N) is 12. The third-order valence-corrected chi connectivity index (χ3v) is 19.7. The van der Waals surface area contributed by atoms with Gasteiger partial charge in [0.1, 0.15) is 28.5 Å². The van der Waals surface area contributed by atoms with Crippen molar-refractivity contribution in [1.29, 1.82) is 0 Å². The van der Waals surface area contributed by atoms with Gasteiger partial charge < -0.3 is 52.3 Å². The molecule has 4 aromatic carbocycles. The molecule has 0 radical (unpaired) electrons. The van der Waals surface area contributed by atoms with E-state index in [1.165, 1.54) is 4.90 Å². The molecule has 1 aliphatic heterocycles. The Morgan fingerprint density at radius 1 is 0.477 bits per heavy atom. The molecule has 10 aromatic rings. The normalized spacial score (nSPS) is 13.6. The number of aromatic nitrogens is 6. The molecule has 0 atom stereocenters. The number of hydrogen-bond donors (Lipinski definition) is 0. The van der Waals surface area contributed by atoms with Gasteiger partial charge in [-0.05, 0) is 110 Å². The number of fused-ring (bicyclic) bond motifs is 2. The number of Topliss-reactive ketones (excluding diaryl/α,β-unsaturated/α-hetero) is 2. The van der Waals surface area contributed by atoms with Gasteiger partial charge in [-0.3, -0.25) is 28.1 Å². The summed E-state index contributed by atoms with van der Waals surface area (Å²) >= 11 is 0. The number of amides is 4. The van der Waals surface area contributed by atoms with Crippen LogP contribution in [0.2, 0.25) is 0 Å². The zero-order chi connectivity index (χ0) is 78.9. The molecule has 1 fully saturated rings. The van der Waals surface area contributed by atoms with Gasteiger partial charge in [-0.15, -0.1) is 0 Å². The lowest BCUT2D eigenvalue weighted by molar-refractivity contribution is -0.132. The van der Waals surface area contributed by atoms with Gasteiger partial charge in [0, 0.05) is 143 Å². The first-order valence-corrected chi connectivity index (χ1v) is 37.9. The van der Waals surface area contributed by atoms with Crippen molar-refractivity contribution in [3.05, 3.63) is 238 Å². The van der Waals surface area contributed by atoms with Crippen molar-refractivity contribution in [2.24, 2.45) is 5.41 Å². The first-order valence-electron chi connectivity index (χ1n) is 37.9. The average molecular weight is 1510 g/mol. The minimum Gasteiger partial charge on any atom is -0.469 e. The van der Waals surface area contributed by atoms with Gasteiger partial charge >= 0.3 is 18.3 Å². The number of likely N-dealkylation sites (N-methyl/N-ethyl adjacent to an activating group) is 2. The van der Waals surface area contributed by atoms with Crippen molar-refractivity contribution < 1.29 is 56.5 Å². The summed E-state index contributed by atoms with van der Waals surface area (Å²) in [5.74, 6) is 1.31. The Labute approximate surface area is 649 Å². The summed E-state index contributed by atoms with van der Waals surface area (Å²) < 4.78 is 38.9. The number of benzene rings is 4. The molecule has 6 aromatic heterocycles. The second-order valence-electron chi connectivity index (χ2n) is 30.2. The van der Waals surface area contributed by atoms with Crippen molar-refractivity contribution in [2.75, 3.05) is 107 Å². The number of morpholine rings is 1. The highest BCUT2D eigenvalue weighted by atomic mass is 16.6. The number of ketones is 2. The molecule has 7 heterocycles. The standard InChI is InChI=1S/C49H56N6O7.C38H46N6O5/c1-33-34(2)45(58)43(35(3)44(33)57)49(4,5)31-42(56)52(6)22-23-54(21-14-20-53-24-27-60-28-25-53)48(59)62-47-40(30-38-19-13-26-61-38)51-46-39(29-36-15-9-7-10-16-36)50-41(32-55(46)47)37-17-11-8-12-18-37;1-38(2,3)49-36(45)42(6)22-23-43(21-14-20-41(4)5)37(46)48-35-32(26-30-19-13-24-47-30)40-34-31(25-28-15-9-7-10-16-28)39-33(27-44(34)35)29-17-11-8-12-18-29/h7-13,15-19,26,32H,14,20-25,27-31H2,1-6H3;7-13,15-19,24,27H,14,20-23,25-26H2,1-6H3. The zero-order valence-electron chi connectivity index (χ0n) is 65.9. The largest absolute Gasteiger partial charge is 0.469 e. The molecule has 0 saturated carbocycles. The summed E-state index contributed by atoms with van der Waals surface area (Å²) in [5.41, 5.74) is 9.13. The molecule has 1 saturated heterocycles. The molecule has 2 aliphatic rings. The topological polar surface area (TPSA) is 245 Å². The smallest absolute Gasteiger partial charge is 0.416 e. The predicted molar refractivity (Wildman–Crippen MR) is 425 cm³/mol. The van der Waals surface area contributed by atoms with E-state index in [1.807, 2.05) is 203 Å². The second-order valence-corrected chi connectivity index (χ2v) is 30.2. The lowest BCUT2D eigenvalue weighted by atomic mass is 9.71. The van der Waals surface area contributed by atoms with Gasteiger partial charge in [0.05, 0.1) is 61.4 Å². The number of hydrogen-bond acceptors (Lipinski definition) is 18. The van der Waals surface area contributed by atoms with E-state index in [9.17, 15) is 28.8 Å². The third-order valence-electron chi connectivity index (χ3n) is 19.7. The van der Waals surface area contributed by atoms with Gasteiger partial charge in [-0.1, -0.05) is 135 Å². The van der Waals surface area contributed by atoms with Crippen LogP contribution in [0.4, 0.5) is 14.4 Å². The molecule has 0 unspecified atom stereocenters. The first-order chi connectivity index (χ1) is 53.3. The molecular weight excluding hydrogens is 1410 g/mol. The fourth-order valence-electron chi connectivity index (χ4n) is 13.6. The van der Waals surface area contributed by atoms with E-state index in [1.54, 1.807) is 62.1 Å². The summed E-state index contributed by atoms with van der Waals surface area (Å²) in [6.07, 6.45) is 8.37. The lowest BCUT2D eigenvalue weighted by Gasteiger charge is -2.33. The molecule has 0 spiro atoms. The number of rotatable bonds is 29. The molecule has 24 heteroatoms. The number of ether oxygens (including phenoxy) is 4.